The number of aliphatic imine (C=N–C) groups is 2. The van der Waals surface area contributed by atoms with Crippen molar-refractivity contribution in [1.82, 2.24) is 4.98 Å². The molecular formula is C21H17Cl2F2FeN3. The first-order valence-corrected chi connectivity index (χ1v) is 8.12. The summed E-state index contributed by atoms with van der Waals surface area (Å²) in [5, 5.41) is 0. The maximum Gasteiger partial charge on any atom is 2.00 e. The van der Waals surface area contributed by atoms with Crippen LogP contribution in [0, 0.1) is 11.6 Å². The Balaban J connectivity index is 0.00000261. The summed E-state index contributed by atoms with van der Waals surface area (Å²) in [6, 6.07) is 18.0. The molecule has 0 atom stereocenters. The summed E-state index contributed by atoms with van der Waals surface area (Å²) < 4.78 is 27.5. The minimum atomic E-state index is -0.389. The smallest absolute Gasteiger partial charge is 1.00 e. The number of para-hydroxylation sites is 2. The quantitative estimate of drug-likeness (QED) is 0.375. The van der Waals surface area contributed by atoms with Crippen LogP contribution in [0.2, 0.25) is 0 Å². The average molecular weight is 476 g/mol. The molecule has 152 valence electrons. The molecule has 0 unspecified atom stereocenters. The van der Waals surface area contributed by atoms with Gasteiger partial charge in [0.1, 0.15) is 11.6 Å². The monoisotopic (exact) mass is 475 g/mol. The summed E-state index contributed by atoms with van der Waals surface area (Å²) in [5.74, 6) is -0.777. The van der Waals surface area contributed by atoms with Crippen molar-refractivity contribution in [2.75, 3.05) is 0 Å². The number of pyridine rings is 1. The van der Waals surface area contributed by atoms with Crippen LogP contribution in [0.4, 0.5) is 20.2 Å². The Kier molecular flexibility index (Phi) is 11.5. The second-order valence-corrected chi connectivity index (χ2v) is 5.71. The van der Waals surface area contributed by atoms with Gasteiger partial charge in [0.2, 0.25) is 0 Å². The van der Waals surface area contributed by atoms with Crippen LogP contribution < -0.4 is 24.8 Å². The molecule has 0 N–H and O–H groups in total. The fourth-order valence-corrected chi connectivity index (χ4v) is 2.40. The van der Waals surface area contributed by atoms with E-state index in [1.165, 1.54) is 12.1 Å². The molecule has 0 aliphatic carbocycles. The van der Waals surface area contributed by atoms with E-state index in [9.17, 15) is 8.78 Å². The Hall–Kier alpha value is -2.11. The molecule has 0 amide bonds. The molecule has 0 aliphatic rings. The third-order valence-electron chi connectivity index (χ3n) is 3.77. The Labute approximate surface area is 191 Å². The molecule has 3 nitrogen and oxygen atoms in total. The van der Waals surface area contributed by atoms with Gasteiger partial charge in [-0.25, -0.2) is 23.7 Å². The molecule has 1 aromatic heterocycles. The SMILES string of the molecule is C/C(=N\c1ccccc1F)c1cccc(/C(C)=N/c2ccccc2F)n1.[Cl-].[Cl-].[Fe+2]. The number of benzene rings is 2. The van der Waals surface area contributed by atoms with Crippen LogP contribution in [0.3, 0.4) is 0 Å². The Morgan fingerprint density at radius 2 is 1.03 bits per heavy atom. The van der Waals surface area contributed by atoms with E-state index < -0.39 is 0 Å². The van der Waals surface area contributed by atoms with Crippen molar-refractivity contribution < 1.29 is 50.7 Å². The van der Waals surface area contributed by atoms with E-state index in [0.717, 1.165) is 0 Å². The first kappa shape index (κ1) is 26.9. The molecule has 3 rings (SSSR count). The van der Waals surface area contributed by atoms with E-state index in [4.69, 9.17) is 0 Å². The molecular weight excluding hydrogens is 459 g/mol. The van der Waals surface area contributed by atoms with E-state index in [1.54, 1.807) is 62.4 Å². The molecule has 8 heteroatoms. The van der Waals surface area contributed by atoms with Crippen molar-refractivity contribution in [3.63, 3.8) is 0 Å². The Morgan fingerprint density at radius 1 is 0.655 bits per heavy atom. The molecule has 0 spiro atoms. The minimum absolute atomic E-state index is 0. The van der Waals surface area contributed by atoms with Crippen molar-refractivity contribution in [3.05, 3.63) is 89.8 Å². The number of nitrogens with zero attached hydrogens (tertiary/aromatic N) is 3. The standard InChI is InChI=1S/C21H17F2N3.2ClH.Fe/c1-14(24-20-10-5-3-8-16(20)22)18-12-7-13-19(26-18)15(2)25-21-11-6-4-9-17(21)23;;;/h3-13H,1-2H3;2*1H;/q;;;+2/p-2/b24-14+,25-15+;;;. The zero-order valence-electron chi connectivity index (χ0n) is 15.6. The van der Waals surface area contributed by atoms with Crippen LogP contribution in [0.15, 0.2) is 76.7 Å². The molecule has 1 heterocycles. The fraction of sp³-hybridized carbons (Fsp3) is 0.0952. The number of aromatic nitrogens is 1. The van der Waals surface area contributed by atoms with E-state index in [2.05, 4.69) is 15.0 Å². The van der Waals surface area contributed by atoms with Gasteiger partial charge in [0.25, 0.3) is 0 Å². The van der Waals surface area contributed by atoms with E-state index in [0.29, 0.717) is 22.8 Å². The van der Waals surface area contributed by atoms with Gasteiger partial charge in [-0.3, -0.25) is 0 Å². The van der Waals surface area contributed by atoms with Crippen LogP contribution in [-0.4, -0.2) is 16.4 Å². The van der Waals surface area contributed by atoms with Crippen LogP contribution in [0.5, 0.6) is 0 Å². The van der Waals surface area contributed by atoms with Gasteiger partial charge in [0.15, 0.2) is 0 Å². The third kappa shape index (κ3) is 7.02. The minimum Gasteiger partial charge on any atom is -1.00 e. The van der Waals surface area contributed by atoms with Gasteiger partial charge in [-0.15, -0.1) is 0 Å². The number of hydrogen-bond donors (Lipinski definition) is 0. The van der Waals surface area contributed by atoms with Crippen LogP contribution in [0.25, 0.3) is 0 Å². The van der Waals surface area contributed by atoms with Crippen LogP contribution in [-0.2, 0) is 17.1 Å². The predicted octanol–water partition coefficient (Wildman–Crippen LogP) is -0.353. The first-order chi connectivity index (χ1) is 12.5. The molecule has 0 saturated heterocycles. The van der Waals surface area contributed by atoms with Gasteiger partial charge in [0, 0.05) is 0 Å². The fourth-order valence-electron chi connectivity index (χ4n) is 2.40. The maximum absolute atomic E-state index is 13.8. The molecule has 0 saturated carbocycles. The van der Waals surface area contributed by atoms with E-state index in [-0.39, 0.29) is 64.9 Å². The number of rotatable bonds is 4. The van der Waals surface area contributed by atoms with Crippen molar-refractivity contribution in [2.45, 2.75) is 13.8 Å². The second kappa shape index (κ2) is 12.5. The Bertz CT molecular complexity index is 934. The summed E-state index contributed by atoms with van der Waals surface area (Å²) in [5.41, 5.74) is 2.89. The molecule has 0 bridgehead atoms. The summed E-state index contributed by atoms with van der Waals surface area (Å²) >= 11 is 0. The van der Waals surface area contributed by atoms with E-state index in [1.807, 2.05) is 6.07 Å². The van der Waals surface area contributed by atoms with Gasteiger partial charge < -0.3 is 24.8 Å². The van der Waals surface area contributed by atoms with Crippen molar-refractivity contribution >= 4 is 22.8 Å². The zero-order valence-corrected chi connectivity index (χ0v) is 18.2. The Morgan fingerprint density at radius 3 is 1.41 bits per heavy atom. The van der Waals surface area contributed by atoms with E-state index >= 15 is 0 Å². The van der Waals surface area contributed by atoms with Crippen molar-refractivity contribution in [3.8, 4) is 0 Å². The first-order valence-electron chi connectivity index (χ1n) is 8.12. The van der Waals surface area contributed by atoms with Gasteiger partial charge in [-0.05, 0) is 50.2 Å². The van der Waals surface area contributed by atoms with Crippen LogP contribution in [0.1, 0.15) is 25.2 Å². The largest absolute Gasteiger partial charge is 2.00 e. The average Bonchev–Trinajstić information content (AvgIpc) is 2.65. The predicted molar refractivity (Wildman–Crippen MR) is 101 cm³/mol. The maximum atomic E-state index is 13.8. The molecule has 2 aromatic carbocycles. The summed E-state index contributed by atoms with van der Waals surface area (Å²) in [6.45, 7) is 3.53. The number of hydrogen-bond acceptors (Lipinski definition) is 3. The van der Waals surface area contributed by atoms with Crippen molar-refractivity contribution in [2.24, 2.45) is 9.98 Å². The van der Waals surface area contributed by atoms with Crippen molar-refractivity contribution in [1.29, 1.82) is 0 Å². The normalized spacial score (nSPS) is 11.0. The zero-order chi connectivity index (χ0) is 18.5. The summed E-state index contributed by atoms with van der Waals surface area (Å²) in [7, 11) is 0. The third-order valence-corrected chi connectivity index (χ3v) is 3.77. The van der Waals surface area contributed by atoms with Gasteiger partial charge in [0.05, 0.1) is 34.2 Å². The molecule has 3 aromatic rings. The summed E-state index contributed by atoms with van der Waals surface area (Å²) in [4.78, 5) is 13.1. The second-order valence-electron chi connectivity index (χ2n) is 5.71. The molecule has 0 aliphatic heterocycles. The molecule has 29 heavy (non-hydrogen) atoms. The van der Waals surface area contributed by atoms with Gasteiger partial charge >= 0.3 is 17.1 Å². The van der Waals surface area contributed by atoms with Gasteiger partial charge in [-0.1, -0.05) is 30.3 Å². The number of halogens is 4. The molecule has 0 fully saturated rings. The topological polar surface area (TPSA) is 37.6 Å². The van der Waals surface area contributed by atoms with Crippen LogP contribution >= 0.6 is 0 Å². The molecule has 0 radical (unpaired) electrons. The van der Waals surface area contributed by atoms with Gasteiger partial charge in [-0.2, -0.15) is 0 Å². The summed E-state index contributed by atoms with van der Waals surface area (Å²) in [6.07, 6.45) is 0.